The van der Waals surface area contributed by atoms with Crippen LogP contribution in [0.15, 0.2) is 70.8 Å². The summed E-state index contributed by atoms with van der Waals surface area (Å²) < 4.78 is 5.97. The van der Waals surface area contributed by atoms with Crippen molar-refractivity contribution in [3.05, 3.63) is 72.1 Å². The molecule has 1 aliphatic heterocycles. The van der Waals surface area contributed by atoms with Gasteiger partial charge in [-0.1, -0.05) is 41.6 Å². The van der Waals surface area contributed by atoms with Crippen LogP contribution in [0.3, 0.4) is 0 Å². The van der Waals surface area contributed by atoms with Gasteiger partial charge in [-0.3, -0.25) is 4.79 Å². The van der Waals surface area contributed by atoms with Crippen LogP contribution in [-0.4, -0.2) is 58.9 Å². The fourth-order valence-electron chi connectivity index (χ4n) is 3.19. The average Bonchev–Trinajstić information content (AvgIpc) is 2.77. The Hall–Kier alpha value is -2.90. The summed E-state index contributed by atoms with van der Waals surface area (Å²) in [7, 11) is 2.08. The zero-order valence-corrected chi connectivity index (χ0v) is 17.9. The summed E-state index contributed by atoms with van der Waals surface area (Å²) >= 11 is 1.40. The second kappa shape index (κ2) is 9.28. The molecule has 1 aliphatic rings. The topological polar surface area (TPSA) is 58.6 Å². The van der Waals surface area contributed by atoms with E-state index in [0.717, 1.165) is 36.6 Å². The maximum Gasteiger partial charge on any atom is 0.255 e. The lowest BCUT2D eigenvalue weighted by Gasteiger charge is -2.32. The van der Waals surface area contributed by atoms with Crippen molar-refractivity contribution >= 4 is 17.7 Å². The van der Waals surface area contributed by atoms with E-state index in [9.17, 15) is 4.79 Å². The Labute approximate surface area is 180 Å². The van der Waals surface area contributed by atoms with Crippen LogP contribution in [0.4, 0.5) is 0 Å². The lowest BCUT2D eigenvalue weighted by molar-refractivity contribution is 0.0660. The molecule has 1 fully saturated rings. The van der Waals surface area contributed by atoms with Gasteiger partial charge in [-0.05, 0) is 38.2 Å². The van der Waals surface area contributed by atoms with E-state index in [2.05, 4.69) is 21.9 Å². The minimum atomic E-state index is 0.0519. The number of piperazine rings is 1. The van der Waals surface area contributed by atoms with E-state index >= 15 is 0 Å². The molecule has 154 valence electrons. The summed E-state index contributed by atoms with van der Waals surface area (Å²) in [5.41, 5.74) is 1.84. The highest BCUT2D eigenvalue weighted by molar-refractivity contribution is 7.99. The molecule has 1 amide bonds. The number of aromatic nitrogens is 2. The lowest BCUT2D eigenvalue weighted by Crippen LogP contribution is -2.47. The lowest BCUT2D eigenvalue weighted by atomic mass is 10.2. The monoisotopic (exact) mass is 420 g/mol. The quantitative estimate of drug-likeness (QED) is 0.619. The van der Waals surface area contributed by atoms with Crippen molar-refractivity contribution in [2.24, 2.45) is 0 Å². The van der Waals surface area contributed by atoms with Crippen LogP contribution in [0.25, 0.3) is 0 Å². The highest BCUT2D eigenvalue weighted by Crippen LogP contribution is 2.36. The molecular formula is C23H24N4O2S. The molecule has 0 N–H and O–H groups in total. The molecule has 7 heteroatoms. The first kappa shape index (κ1) is 20.4. The predicted molar refractivity (Wildman–Crippen MR) is 117 cm³/mol. The Morgan fingerprint density at radius 2 is 1.67 bits per heavy atom. The average molecular weight is 421 g/mol. The molecule has 0 aliphatic carbocycles. The van der Waals surface area contributed by atoms with Crippen molar-refractivity contribution < 1.29 is 9.53 Å². The van der Waals surface area contributed by atoms with E-state index in [1.165, 1.54) is 11.8 Å². The number of carbonyl (C=O) groups is 1. The molecule has 2 aromatic carbocycles. The standard InChI is InChI=1S/C23H24N4O2S/c1-17-7-9-18(10-8-17)29-21-22(25-12-11-24-21)30-20-6-4-3-5-19(20)23(28)27-15-13-26(2)14-16-27/h3-12H,13-16H2,1-2H3. The van der Waals surface area contributed by atoms with Crippen LogP contribution in [0.1, 0.15) is 15.9 Å². The number of hydrogen-bond donors (Lipinski definition) is 0. The first-order valence-electron chi connectivity index (χ1n) is 9.90. The Bertz CT molecular complexity index is 1020. The Morgan fingerprint density at radius 3 is 2.43 bits per heavy atom. The fraction of sp³-hybridized carbons (Fsp3) is 0.261. The molecule has 0 radical (unpaired) electrons. The normalized spacial score (nSPS) is 14.5. The van der Waals surface area contributed by atoms with E-state index in [-0.39, 0.29) is 5.91 Å². The molecular weight excluding hydrogens is 396 g/mol. The second-order valence-electron chi connectivity index (χ2n) is 7.28. The number of nitrogens with zero attached hydrogens (tertiary/aromatic N) is 4. The van der Waals surface area contributed by atoms with Crippen LogP contribution in [0.2, 0.25) is 0 Å². The van der Waals surface area contributed by atoms with Crippen molar-refractivity contribution in [2.45, 2.75) is 16.8 Å². The van der Waals surface area contributed by atoms with Gasteiger partial charge in [-0.2, -0.15) is 0 Å². The van der Waals surface area contributed by atoms with Crippen molar-refractivity contribution in [2.75, 3.05) is 33.2 Å². The number of carbonyl (C=O) groups excluding carboxylic acids is 1. The summed E-state index contributed by atoms with van der Waals surface area (Å²) in [6, 6.07) is 15.4. The van der Waals surface area contributed by atoms with Crippen molar-refractivity contribution in [3.63, 3.8) is 0 Å². The van der Waals surface area contributed by atoms with Crippen molar-refractivity contribution in [1.82, 2.24) is 19.8 Å². The number of hydrogen-bond acceptors (Lipinski definition) is 6. The minimum Gasteiger partial charge on any atom is -0.437 e. The molecule has 0 bridgehead atoms. The van der Waals surface area contributed by atoms with E-state index in [1.54, 1.807) is 12.4 Å². The van der Waals surface area contributed by atoms with E-state index in [1.807, 2.05) is 60.4 Å². The molecule has 3 aromatic rings. The van der Waals surface area contributed by atoms with Crippen LogP contribution >= 0.6 is 11.8 Å². The zero-order chi connectivity index (χ0) is 20.9. The summed E-state index contributed by atoms with van der Waals surface area (Å²) in [6.45, 7) is 5.28. The zero-order valence-electron chi connectivity index (χ0n) is 17.1. The van der Waals surface area contributed by atoms with Crippen LogP contribution in [-0.2, 0) is 0 Å². The molecule has 2 heterocycles. The molecule has 0 unspecified atom stereocenters. The predicted octanol–water partition coefficient (Wildman–Crippen LogP) is 4.12. The molecule has 0 saturated carbocycles. The van der Waals surface area contributed by atoms with Gasteiger partial charge in [0.15, 0.2) is 5.03 Å². The van der Waals surface area contributed by atoms with Gasteiger partial charge in [0.05, 0.1) is 5.56 Å². The van der Waals surface area contributed by atoms with Gasteiger partial charge in [-0.25, -0.2) is 9.97 Å². The van der Waals surface area contributed by atoms with Crippen molar-refractivity contribution in [1.29, 1.82) is 0 Å². The Kier molecular flexibility index (Phi) is 6.30. The van der Waals surface area contributed by atoms with Gasteiger partial charge in [-0.15, -0.1) is 0 Å². The highest BCUT2D eigenvalue weighted by atomic mass is 32.2. The van der Waals surface area contributed by atoms with Gasteiger partial charge in [0.1, 0.15) is 5.75 Å². The van der Waals surface area contributed by atoms with Crippen molar-refractivity contribution in [3.8, 4) is 11.6 Å². The Balaban J connectivity index is 1.57. The molecule has 0 atom stereocenters. The number of ether oxygens (including phenoxy) is 1. The van der Waals surface area contributed by atoms with E-state index < -0.39 is 0 Å². The molecule has 1 saturated heterocycles. The maximum atomic E-state index is 13.2. The number of likely N-dealkylation sites (N-methyl/N-ethyl adjacent to an activating group) is 1. The maximum absolute atomic E-state index is 13.2. The first-order chi connectivity index (χ1) is 14.6. The van der Waals surface area contributed by atoms with Gasteiger partial charge in [0.2, 0.25) is 0 Å². The summed E-state index contributed by atoms with van der Waals surface area (Å²) in [5.74, 6) is 1.18. The number of amides is 1. The first-order valence-corrected chi connectivity index (χ1v) is 10.7. The summed E-state index contributed by atoms with van der Waals surface area (Å²) in [6.07, 6.45) is 3.24. The van der Waals surface area contributed by atoms with Gasteiger partial charge >= 0.3 is 0 Å². The van der Waals surface area contributed by atoms with Gasteiger partial charge in [0.25, 0.3) is 11.8 Å². The molecule has 4 rings (SSSR count). The molecule has 1 aromatic heterocycles. The number of benzene rings is 2. The van der Waals surface area contributed by atoms with Crippen LogP contribution in [0.5, 0.6) is 11.6 Å². The van der Waals surface area contributed by atoms with Gasteiger partial charge < -0.3 is 14.5 Å². The van der Waals surface area contributed by atoms with E-state index in [0.29, 0.717) is 22.2 Å². The molecule has 0 spiro atoms. The number of aryl methyl sites for hydroxylation is 1. The molecule has 30 heavy (non-hydrogen) atoms. The summed E-state index contributed by atoms with van der Waals surface area (Å²) in [5, 5.41) is 0.622. The smallest absolute Gasteiger partial charge is 0.255 e. The second-order valence-corrected chi connectivity index (χ2v) is 8.31. The SMILES string of the molecule is Cc1ccc(Oc2nccnc2Sc2ccccc2C(=O)N2CCN(C)CC2)cc1. The third-order valence-corrected chi connectivity index (χ3v) is 6.03. The third kappa shape index (κ3) is 4.80. The minimum absolute atomic E-state index is 0.0519. The summed E-state index contributed by atoms with van der Waals surface area (Å²) in [4.78, 5) is 27.0. The van der Waals surface area contributed by atoms with Crippen LogP contribution < -0.4 is 4.74 Å². The van der Waals surface area contributed by atoms with E-state index in [4.69, 9.17) is 4.74 Å². The Morgan fingerprint density at radius 1 is 0.967 bits per heavy atom. The van der Waals surface area contributed by atoms with Gasteiger partial charge in [0, 0.05) is 43.5 Å². The fourth-order valence-corrected chi connectivity index (χ4v) is 4.10. The highest BCUT2D eigenvalue weighted by Gasteiger charge is 2.23. The number of rotatable bonds is 5. The third-order valence-electron chi connectivity index (χ3n) is 4.98. The van der Waals surface area contributed by atoms with Crippen LogP contribution in [0, 0.1) is 6.92 Å². The largest absolute Gasteiger partial charge is 0.437 e. The molecule has 6 nitrogen and oxygen atoms in total.